The van der Waals surface area contributed by atoms with Crippen LogP contribution in [0.25, 0.3) is 5.69 Å². The lowest BCUT2D eigenvalue weighted by Crippen LogP contribution is -2.36. The number of alkyl halides is 3. The van der Waals surface area contributed by atoms with E-state index in [1.807, 2.05) is 36.5 Å². The number of halogens is 4. The lowest BCUT2D eigenvalue weighted by atomic mass is 10.1. The van der Waals surface area contributed by atoms with E-state index >= 15 is 0 Å². The van der Waals surface area contributed by atoms with Gasteiger partial charge in [-0.15, -0.1) is 24.0 Å². The molecule has 0 spiro atoms. The average Bonchev–Trinajstić information content (AvgIpc) is 3.23. The predicted octanol–water partition coefficient (Wildman–Crippen LogP) is 4.37. The first-order valence-electron chi connectivity index (χ1n) is 8.65. The van der Waals surface area contributed by atoms with Crippen molar-refractivity contribution in [2.24, 2.45) is 4.99 Å². The lowest BCUT2D eigenvalue weighted by molar-refractivity contribution is -0.137. The number of benzene rings is 2. The molecule has 5 nitrogen and oxygen atoms in total. The van der Waals surface area contributed by atoms with E-state index in [2.05, 4.69) is 20.7 Å². The van der Waals surface area contributed by atoms with E-state index < -0.39 is 11.7 Å². The zero-order chi connectivity index (χ0) is 20.0. The van der Waals surface area contributed by atoms with Gasteiger partial charge in [-0.05, 0) is 41.5 Å². The molecule has 0 aliphatic carbocycles. The highest BCUT2D eigenvalue weighted by Crippen LogP contribution is 2.29. The van der Waals surface area contributed by atoms with Gasteiger partial charge in [-0.3, -0.25) is 4.99 Å². The SMILES string of the molecule is CN=C(NCc1ccc(-n2cccn2)cc1)NCc1ccc(C(F)(F)F)cc1.I. The van der Waals surface area contributed by atoms with E-state index in [1.54, 1.807) is 17.9 Å². The van der Waals surface area contributed by atoms with Gasteiger partial charge < -0.3 is 10.6 Å². The molecule has 0 fully saturated rings. The fourth-order valence-corrected chi connectivity index (χ4v) is 2.59. The van der Waals surface area contributed by atoms with Crippen molar-refractivity contribution in [3.8, 4) is 5.69 Å². The van der Waals surface area contributed by atoms with Crippen LogP contribution < -0.4 is 10.6 Å². The smallest absolute Gasteiger partial charge is 0.352 e. The minimum Gasteiger partial charge on any atom is -0.352 e. The van der Waals surface area contributed by atoms with Gasteiger partial charge in [-0.1, -0.05) is 24.3 Å². The molecule has 3 aromatic rings. The van der Waals surface area contributed by atoms with Gasteiger partial charge in [0, 0.05) is 32.5 Å². The van der Waals surface area contributed by atoms with Crippen LogP contribution in [0.3, 0.4) is 0 Å². The van der Waals surface area contributed by atoms with Gasteiger partial charge in [0.1, 0.15) is 0 Å². The number of nitrogens with one attached hydrogen (secondary N) is 2. The lowest BCUT2D eigenvalue weighted by Gasteiger charge is -2.13. The van der Waals surface area contributed by atoms with Gasteiger partial charge in [0.2, 0.25) is 0 Å². The van der Waals surface area contributed by atoms with Crippen LogP contribution in [-0.4, -0.2) is 22.8 Å². The molecule has 154 valence electrons. The summed E-state index contributed by atoms with van der Waals surface area (Å²) in [6.45, 7) is 0.933. The molecule has 0 saturated carbocycles. The molecule has 0 atom stereocenters. The minimum absolute atomic E-state index is 0. The van der Waals surface area contributed by atoms with E-state index in [-0.39, 0.29) is 24.0 Å². The average molecular weight is 515 g/mol. The molecular formula is C20H21F3IN5. The summed E-state index contributed by atoms with van der Waals surface area (Å²) in [5.41, 5.74) is 2.11. The number of aromatic nitrogens is 2. The van der Waals surface area contributed by atoms with Crippen molar-refractivity contribution in [3.63, 3.8) is 0 Å². The molecule has 0 radical (unpaired) electrons. The largest absolute Gasteiger partial charge is 0.416 e. The molecular weight excluding hydrogens is 494 g/mol. The maximum atomic E-state index is 12.6. The standard InChI is InChI=1S/C20H20F3N5.HI/c1-24-19(25-13-15-3-7-17(8-4-15)20(21,22)23)26-14-16-5-9-18(10-6-16)28-12-2-11-27-28;/h2-12H,13-14H2,1H3,(H2,24,25,26);1H. The molecule has 29 heavy (non-hydrogen) atoms. The molecule has 0 amide bonds. The van der Waals surface area contributed by atoms with Crippen molar-refractivity contribution in [3.05, 3.63) is 83.7 Å². The van der Waals surface area contributed by atoms with Crippen LogP contribution in [0.2, 0.25) is 0 Å². The molecule has 0 saturated heterocycles. The third kappa shape index (κ3) is 6.48. The Bertz CT molecular complexity index is 905. The van der Waals surface area contributed by atoms with Gasteiger partial charge >= 0.3 is 6.18 Å². The second-order valence-corrected chi connectivity index (χ2v) is 6.09. The Morgan fingerprint density at radius 3 is 1.97 bits per heavy atom. The highest BCUT2D eigenvalue weighted by molar-refractivity contribution is 14.0. The van der Waals surface area contributed by atoms with E-state index in [0.717, 1.165) is 28.9 Å². The van der Waals surface area contributed by atoms with Crippen molar-refractivity contribution in [1.29, 1.82) is 0 Å². The summed E-state index contributed by atoms with van der Waals surface area (Å²) in [5, 5.41) is 10.5. The summed E-state index contributed by atoms with van der Waals surface area (Å²) < 4.78 is 39.6. The fraction of sp³-hybridized carbons (Fsp3) is 0.200. The van der Waals surface area contributed by atoms with Crippen LogP contribution in [0.1, 0.15) is 16.7 Å². The van der Waals surface area contributed by atoms with Gasteiger partial charge in [-0.25, -0.2) is 4.68 Å². The third-order valence-corrected chi connectivity index (χ3v) is 4.13. The number of aliphatic imine (C=N–C) groups is 1. The quantitative estimate of drug-likeness (QED) is 0.302. The maximum Gasteiger partial charge on any atom is 0.416 e. The van der Waals surface area contributed by atoms with Gasteiger partial charge in [0.15, 0.2) is 5.96 Å². The summed E-state index contributed by atoms with van der Waals surface area (Å²) in [7, 11) is 1.64. The Balaban J connectivity index is 0.00000300. The Hall–Kier alpha value is -2.56. The molecule has 1 heterocycles. The van der Waals surface area contributed by atoms with Crippen LogP contribution in [0.15, 0.2) is 72.0 Å². The molecule has 2 aromatic carbocycles. The number of nitrogens with zero attached hydrogens (tertiary/aromatic N) is 3. The normalized spacial score (nSPS) is 11.7. The molecule has 0 aliphatic heterocycles. The molecule has 0 bridgehead atoms. The number of guanidine groups is 1. The zero-order valence-corrected chi connectivity index (χ0v) is 18.0. The van der Waals surface area contributed by atoms with E-state index in [4.69, 9.17) is 0 Å². The Morgan fingerprint density at radius 1 is 0.966 bits per heavy atom. The second-order valence-electron chi connectivity index (χ2n) is 6.09. The minimum atomic E-state index is -4.32. The van der Waals surface area contributed by atoms with E-state index in [9.17, 15) is 13.2 Å². The van der Waals surface area contributed by atoms with Gasteiger partial charge in [-0.2, -0.15) is 18.3 Å². The van der Waals surface area contributed by atoms with Crippen molar-refractivity contribution in [1.82, 2.24) is 20.4 Å². The van der Waals surface area contributed by atoms with Crippen molar-refractivity contribution in [2.75, 3.05) is 7.05 Å². The maximum absolute atomic E-state index is 12.6. The monoisotopic (exact) mass is 515 g/mol. The second kappa shape index (κ2) is 10.3. The Morgan fingerprint density at radius 2 is 1.52 bits per heavy atom. The number of hydrogen-bond donors (Lipinski definition) is 2. The van der Waals surface area contributed by atoms with E-state index in [1.165, 1.54) is 12.1 Å². The molecule has 1 aromatic heterocycles. The first-order valence-corrected chi connectivity index (χ1v) is 8.65. The molecule has 0 aliphatic rings. The first-order chi connectivity index (χ1) is 13.5. The van der Waals surface area contributed by atoms with Gasteiger partial charge in [0.25, 0.3) is 0 Å². The molecule has 0 unspecified atom stereocenters. The molecule has 9 heteroatoms. The fourth-order valence-electron chi connectivity index (χ4n) is 2.59. The summed E-state index contributed by atoms with van der Waals surface area (Å²) in [4.78, 5) is 4.13. The van der Waals surface area contributed by atoms with E-state index in [0.29, 0.717) is 19.0 Å². The predicted molar refractivity (Wildman–Crippen MR) is 117 cm³/mol. The summed E-state index contributed by atoms with van der Waals surface area (Å²) in [6.07, 6.45) is -0.724. The van der Waals surface area contributed by atoms with Crippen LogP contribution in [0.5, 0.6) is 0 Å². The van der Waals surface area contributed by atoms with Crippen molar-refractivity contribution < 1.29 is 13.2 Å². The molecule has 3 rings (SSSR count). The zero-order valence-electron chi connectivity index (χ0n) is 15.6. The summed E-state index contributed by atoms with van der Waals surface area (Å²) >= 11 is 0. The van der Waals surface area contributed by atoms with Crippen molar-refractivity contribution >= 4 is 29.9 Å². The van der Waals surface area contributed by atoms with Crippen molar-refractivity contribution in [2.45, 2.75) is 19.3 Å². The van der Waals surface area contributed by atoms with Crippen LogP contribution in [-0.2, 0) is 19.3 Å². The molecule has 2 N–H and O–H groups in total. The Labute approximate surface area is 184 Å². The highest BCUT2D eigenvalue weighted by atomic mass is 127. The van der Waals surface area contributed by atoms with Gasteiger partial charge in [0.05, 0.1) is 11.3 Å². The first kappa shape index (κ1) is 22.7. The number of rotatable bonds is 5. The third-order valence-electron chi connectivity index (χ3n) is 4.13. The number of hydrogen-bond acceptors (Lipinski definition) is 2. The van der Waals surface area contributed by atoms with Crippen LogP contribution >= 0.6 is 24.0 Å². The Kier molecular flexibility index (Phi) is 8.06. The van der Waals surface area contributed by atoms with Crippen LogP contribution in [0, 0.1) is 0 Å². The summed E-state index contributed by atoms with van der Waals surface area (Å²) in [5.74, 6) is 0.566. The topological polar surface area (TPSA) is 54.2 Å². The van der Waals surface area contributed by atoms with Crippen LogP contribution in [0.4, 0.5) is 13.2 Å². The highest BCUT2D eigenvalue weighted by Gasteiger charge is 2.29. The summed E-state index contributed by atoms with van der Waals surface area (Å²) in [6, 6.07) is 14.9.